The van der Waals surface area contributed by atoms with Crippen LogP contribution >= 0.6 is 25.3 Å². The van der Waals surface area contributed by atoms with Gasteiger partial charge in [0, 0.05) is 16.9 Å². The summed E-state index contributed by atoms with van der Waals surface area (Å²) in [5.74, 6) is 1.80. The first-order valence-electron chi connectivity index (χ1n) is 5.24. The molecule has 16 heavy (non-hydrogen) atoms. The molecular formula is C12H16NOS2+. The quantitative estimate of drug-likeness (QED) is 0.481. The van der Waals surface area contributed by atoms with Crippen molar-refractivity contribution in [1.82, 2.24) is 0 Å². The van der Waals surface area contributed by atoms with Gasteiger partial charge < -0.3 is 0 Å². The van der Waals surface area contributed by atoms with Crippen molar-refractivity contribution in [2.45, 2.75) is 36.5 Å². The fourth-order valence-electron chi connectivity index (χ4n) is 1.95. The van der Waals surface area contributed by atoms with Crippen LogP contribution in [0.1, 0.15) is 30.8 Å². The summed E-state index contributed by atoms with van der Waals surface area (Å²) >= 11 is 8.90. The Morgan fingerprint density at radius 3 is 2.31 bits per heavy atom. The average molecular weight is 254 g/mol. The van der Waals surface area contributed by atoms with E-state index in [0.29, 0.717) is 0 Å². The van der Waals surface area contributed by atoms with Gasteiger partial charge in [0.25, 0.3) is 0 Å². The van der Waals surface area contributed by atoms with E-state index in [2.05, 4.69) is 39.1 Å². The molecule has 4 heteroatoms. The fourth-order valence-corrected chi connectivity index (χ4v) is 2.70. The smallest absolute Gasteiger partial charge is 0.230 e. The molecule has 0 aliphatic carbocycles. The van der Waals surface area contributed by atoms with Gasteiger partial charge in [-0.25, -0.2) is 4.79 Å². The largest absolute Gasteiger partial charge is 0.233 e. The van der Waals surface area contributed by atoms with Crippen molar-refractivity contribution in [2.24, 2.45) is 7.05 Å². The molecule has 2 nitrogen and oxygen atoms in total. The maximum Gasteiger partial charge on any atom is 0.230 e. The Balaban J connectivity index is 3.68. The van der Waals surface area contributed by atoms with E-state index < -0.39 is 0 Å². The maximum absolute atomic E-state index is 10.5. The normalized spacial score (nSPS) is 10.1. The SMILES string of the molecule is CCc1c(S)c(S)c(C=C=O)[n+](C)c1CC. The van der Waals surface area contributed by atoms with Crippen LogP contribution in [-0.4, -0.2) is 5.94 Å². The third kappa shape index (κ3) is 2.19. The molecule has 0 radical (unpaired) electrons. The molecule has 0 unspecified atom stereocenters. The summed E-state index contributed by atoms with van der Waals surface area (Å²) in [7, 11) is 1.94. The predicted molar refractivity (Wildman–Crippen MR) is 71.0 cm³/mol. The summed E-state index contributed by atoms with van der Waals surface area (Å²) in [6, 6.07) is 0. The molecule has 0 spiro atoms. The van der Waals surface area contributed by atoms with Gasteiger partial charge in [0.05, 0.1) is 11.0 Å². The van der Waals surface area contributed by atoms with Crippen LogP contribution < -0.4 is 4.57 Å². The summed E-state index contributed by atoms with van der Waals surface area (Å²) in [5, 5.41) is 0. The predicted octanol–water partition coefficient (Wildman–Crippen LogP) is 2.06. The Morgan fingerprint density at radius 2 is 1.88 bits per heavy atom. The van der Waals surface area contributed by atoms with Crippen LogP contribution in [0.25, 0.3) is 6.08 Å². The van der Waals surface area contributed by atoms with Gasteiger partial charge >= 0.3 is 0 Å². The van der Waals surface area contributed by atoms with E-state index >= 15 is 0 Å². The molecule has 0 saturated carbocycles. The summed E-state index contributed by atoms with van der Waals surface area (Å²) in [6.07, 6.45) is 3.22. The van der Waals surface area contributed by atoms with Gasteiger partial charge in [0.15, 0.2) is 5.69 Å². The highest BCUT2D eigenvalue weighted by molar-refractivity contribution is 7.83. The first kappa shape index (κ1) is 13.4. The number of thiol groups is 2. The number of hydrogen-bond acceptors (Lipinski definition) is 3. The zero-order valence-electron chi connectivity index (χ0n) is 9.74. The highest BCUT2D eigenvalue weighted by atomic mass is 32.1. The summed E-state index contributed by atoms with van der Waals surface area (Å²) in [5.41, 5.74) is 3.14. The van der Waals surface area contributed by atoms with Gasteiger partial charge in [-0.15, -0.1) is 25.3 Å². The minimum atomic E-state index is 0.739. The van der Waals surface area contributed by atoms with Crippen LogP contribution in [0.5, 0.6) is 0 Å². The van der Waals surface area contributed by atoms with Gasteiger partial charge in [-0.3, -0.25) is 0 Å². The lowest BCUT2D eigenvalue weighted by Gasteiger charge is -2.11. The molecule has 0 bridgehead atoms. The first-order chi connectivity index (χ1) is 7.58. The lowest BCUT2D eigenvalue weighted by molar-refractivity contribution is -0.683. The van der Waals surface area contributed by atoms with E-state index in [0.717, 1.165) is 28.3 Å². The van der Waals surface area contributed by atoms with Crippen LogP contribution in [-0.2, 0) is 24.7 Å². The monoisotopic (exact) mass is 254 g/mol. The molecule has 0 fully saturated rings. The van der Waals surface area contributed by atoms with Gasteiger partial charge in [-0.2, -0.15) is 4.57 Å². The number of carbonyl (C=O) groups excluding carboxylic acids is 1. The van der Waals surface area contributed by atoms with Gasteiger partial charge in [-0.05, 0) is 6.42 Å². The standard InChI is InChI=1S/C12H15NOS2/c1-4-8-9(5-2)13(3)10(6-7-14)12(16)11(8)15/h6,16H,4-5H2,1-3H3/p+1. The van der Waals surface area contributed by atoms with Gasteiger partial charge in [0.2, 0.25) is 5.69 Å². The first-order valence-corrected chi connectivity index (χ1v) is 6.14. The van der Waals surface area contributed by atoms with E-state index in [1.54, 1.807) is 5.94 Å². The van der Waals surface area contributed by atoms with Crippen LogP contribution in [0.4, 0.5) is 0 Å². The maximum atomic E-state index is 10.5. The summed E-state index contributed by atoms with van der Waals surface area (Å²) in [6.45, 7) is 4.19. The Bertz CT molecular complexity index is 463. The van der Waals surface area contributed by atoms with Crippen LogP contribution in [0.3, 0.4) is 0 Å². The van der Waals surface area contributed by atoms with Crippen molar-refractivity contribution in [1.29, 1.82) is 0 Å². The van der Waals surface area contributed by atoms with Crippen LogP contribution in [0.15, 0.2) is 9.79 Å². The number of aromatic nitrogens is 1. The van der Waals surface area contributed by atoms with E-state index in [1.165, 1.54) is 17.3 Å². The molecule has 86 valence electrons. The van der Waals surface area contributed by atoms with Crippen molar-refractivity contribution in [2.75, 3.05) is 0 Å². The second kappa shape index (κ2) is 5.58. The molecule has 0 aromatic carbocycles. The number of hydrogen-bond donors (Lipinski definition) is 2. The van der Waals surface area contributed by atoms with Gasteiger partial charge in [0.1, 0.15) is 13.0 Å². The molecule has 0 N–H and O–H groups in total. The van der Waals surface area contributed by atoms with Crippen molar-refractivity contribution >= 4 is 37.3 Å². The Hall–Kier alpha value is -0.700. The molecule has 0 atom stereocenters. The fraction of sp³-hybridized carbons (Fsp3) is 0.417. The molecule has 1 aromatic heterocycles. The minimum absolute atomic E-state index is 0.739. The van der Waals surface area contributed by atoms with Crippen LogP contribution in [0.2, 0.25) is 0 Å². The third-order valence-corrected chi connectivity index (χ3v) is 3.87. The van der Waals surface area contributed by atoms with Crippen LogP contribution in [0, 0.1) is 0 Å². The topological polar surface area (TPSA) is 20.9 Å². The third-order valence-electron chi connectivity index (χ3n) is 2.75. The molecule has 0 amide bonds. The van der Waals surface area contributed by atoms with Crippen molar-refractivity contribution in [3.8, 4) is 0 Å². The molecule has 1 aromatic rings. The Morgan fingerprint density at radius 1 is 1.25 bits per heavy atom. The molecule has 1 rings (SSSR count). The zero-order chi connectivity index (χ0) is 12.3. The Labute approximate surface area is 107 Å². The van der Waals surface area contributed by atoms with Crippen molar-refractivity contribution < 1.29 is 9.36 Å². The van der Waals surface area contributed by atoms with Crippen molar-refractivity contribution in [3.63, 3.8) is 0 Å². The lowest BCUT2D eigenvalue weighted by atomic mass is 10.1. The second-order valence-corrected chi connectivity index (χ2v) is 4.43. The number of rotatable bonds is 3. The second-order valence-electron chi connectivity index (χ2n) is 3.54. The molecule has 0 aliphatic heterocycles. The molecule has 1 heterocycles. The zero-order valence-corrected chi connectivity index (χ0v) is 11.5. The Kier molecular flexibility index (Phi) is 4.66. The summed E-state index contributed by atoms with van der Waals surface area (Å²) in [4.78, 5) is 12.1. The van der Waals surface area contributed by atoms with Gasteiger partial charge in [-0.1, -0.05) is 13.8 Å². The lowest BCUT2D eigenvalue weighted by Crippen LogP contribution is -2.39. The average Bonchev–Trinajstić information content (AvgIpc) is 2.29. The van der Waals surface area contributed by atoms with E-state index in [1.807, 2.05) is 11.6 Å². The molecular weight excluding hydrogens is 238 g/mol. The number of nitrogens with zero attached hydrogens (tertiary/aromatic N) is 1. The van der Waals surface area contributed by atoms with E-state index in [4.69, 9.17) is 0 Å². The van der Waals surface area contributed by atoms with Crippen molar-refractivity contribution in [3.05, 3.63) is 17.0 Å². The summed E-state index contributed by atoms with van der Waals surface area (Å²) < 4.78 is 1.99. The number of pyridine rings is 1. The van der Waals surface area contributed by atoms with E-state index in [-0.39, 0.29) is 0 Å². The molecule has 0 aliphatic rings. The molecule has 0 saturated heterocycles. The highest BCUT2D eigenvalue weighted by Crippen LogP contribution is 2.27. The van der Waals surface area contributed by atoms with E-state index in [9.17, 15) is 4.79 Å². The minimum Gasteiger partial charge on any atom is -0.233 e. The highest BCUT2D eigenvalue weighted by Gasteiger charge is 2.22.